The molecule has 0 N–H and O–H groups in total. The molecular formula is C59H39NSSi. The van der Waals surface area contributed by atoms with Gasteiger partial charge in [0.15, 0.2) is 8.07 Å². The standard InChI is InChI=1S/C59H39NSSi/c1-2-19-41(20-3-1)59(50-26-10-6-22-46(50)47-23-7-11-27-51(47)59)42-33-35-43(36-34-42)60(52-28-16-18-40-17-4-5-21-45(40)52)44-37-38-54-58(39-44)62(57-32-15-12-29-53(57)61-54)55-30-13-8-24-48(55)49-25-9-14-31-56(49)62/h1-39H. The maximum absolute atomic E-state index is 2.72. The summed E-state index contributed by atoms with van der Waals surface area (Å²) in [6.07, 6.45) is 0. The molecule has 0 bridgehead atoms. The summed E-state index contributed by atoms with van der Waals surface area (Å²) in [4.78, 5) is 5.23. The molecule has 10 aromatic rings. The Morgan fingerprint density at radius 1 is 0.355 bits per heavy atom. The van der Waals surface area contributed by atoms with Gasteiger partial charge in [0.25, 0.3) is 0 Å². The molecule has 0 amide bonds. The molecule has 0 aromatic heterocycles. The van der Waals surface area contributed by atoms with Gasteiger partial charge in [0.2, 0.25) is 0 Å². The third kappa shape index (κ3) is 4.81. The molecular weight excluding hydrogens is 783 g/mol. The summed E-state index contributed by atoms with van der Waals surface area (Å²) < 4.78 is 0. The zero-order valence-electron chi connectivity index (χ0n) is 33.9. The zero-order chi connectivity index (χ0) is 40.8. The molecule has 3 aliphatic rings. The van der Waals surface area contributed by atoms with E-state index in [0.29, 0.717) is 0 Å². The van der Waals surface area contributed by atoms with Crippen LogP contribution >= 0.6 is 11.8 Å². The summed E-state index contributed by atoms with van der Waals surface area (Å²) in [6, 6.07) is 89.1. The summed E-state index contributed by atoms with van der Waals surface area (Å²) in [5, 5.41) is 8.35. The second kappa shape index (κ2) is 13.7. The van der Waals surface area contributed by atoms with Crippen LogP contribution in [-0.4, -0.2) is 8.07 Å². The van der Waals surface area contributed by atoms with Gasteiger partial charge in [-0.25, -0.2) is 0 Å². The highest BCUT2D eigenvalue weighted by molar-refractivity contribution is 8.00. The van der Waals surface area contributed by atoms with Gasteiger partial charge in [-0.2, -0.15) is 0 Å². The predicted octanol–water partition coefficient (Wildman–Crippen LogP) is 12.5. The maximum atomic E-state index is 2.56. The number of rotatable bonds is 5. The van der Waals surface area contributed by atoms with Crippen LogP contribution in [0.2, 0.25) is 0 Å². The fourth-order valence-electron chi connectivity index (χ4n) is 11.4. The lowest BCUT2D eigenvalue weighted by Gasteiger charge is -2.38. The second-order valence-electron chi connectivity index (χ2n) is 16.7. The van der Waals surface area contributed by atoms with Gasteiger partial charge in [-0.15, -0.1) is 0 Å². The number of anilines is 3. The first-order valence-electron chi connectivity index (χ1n) is 21.5. The first-order chi connectivity index (χ1) is 30.8. The van der Waals surface area contributed by atoms with E-state index in [0.717, 1.165) is 17.1 Å². The normalized spacial score (nSPS) is 14.3. The molecule has 0 radical (unpaired) electrons. The van der Waals surface area contributed by atoms with Crippen molar-refractivity contribution in [2.75, 3.05) is 4.90 Å². The quantitative estimate of drug-likeness (QED) is 0.159. The van der Waals surface area contributed by atoms with Gasteiger partial charge in [-0.05, 0) is 113 Å². The average Bonchev–Trinajstić information content (AvgIpc) is 3.81. The van der Waals surface area contributed by atoms with E-state index in [2.05, 4.69) is 241 Å². The maximum Gasteiger partial charge on any atom is 0.183 e. The zero-order valence-corrected chi connectivity index (χ0v) is 35.7. The molecule has 62 heavy (non-hydrogen) atoms. The van der Waals surface area contributed by atoms with Crippen molar-refractivity contribution >= 4 is 68.4 Å². The van der Waals surface area contributed by atoms with Crippen LogP contribution in [0.5, 0.6) is 0 Å². The van der Waals surface area contributed by atoms with Crippen molar-refractivity contribution in [1.29, 1.82) is 0 Å². The molecule has 3 heteroatoms. The van der Waals surface area contributed by atoms with Crippen molar-refractivity contribution in [3.8, 4) is 22.3 Å². The fourth-order valence-corrected chi connectivity index (χ4v) is 18.8. The van der Waals surface area contributed by atoms with Crippen molar-refractivity contribution in [1.82, 2.24) is 0 Å². The number of nitrogens with zero attached hydrogens (tertiary/aromatic N) is 1. The Balaban J connectivity index is 1.05. The van der Waals surface area contributed by atoms with Crippen LogP contribution in [0, 0.1) is 0 Å². The van der Waals surface area contributed by atoms with Gasteiger partial charge in [-0.1, -0.05) is 206 Å². The van der Waals surface area contributed by atoms with Gasteiger partial charge in [0, 0.05) is 26.6 Å². The molecule has 0 saturated carbocycles. The molecule has 13 rings (SSSR count). The monoisotopic (exact) mass is 821 g/mol. The second-order valence-corrected chi connectivity index (χ2v) is 21.4. The molecule has 1 spiro atoms. The number of hydrogen-bond donors (Lipinski definition) is 0. The Bertz CT molecular complexity index is 3310. The Morgan fingerprint density at radius 3 is 1.58 bits per heavy atom. The van der Waals surface area contributed by atoms with E-state index in [-0.39, 0.29) is 0 Å². The lowest BCUT2D eigenvalue weighted by atomic mass is 9.68. The Morgan fingerprint density at radius 2 is 0.871 bits per heavy atom. The first kappa shape index (κ1) is 35.6. The minimum absolute atomic E-state index is 0.463. The highest BCUT2D eigenvalue weighted by atomic mass is 32.2. The van der Waals surface area contributed by atoms with Crippen LogP contribution in [0.25, 0.3) is 33.0 Å². The third-order valence-corrected chi connectivity index (χ3v) is 20.3. The first-order valence-corrected chi connectivity index (χ1v) is 24.3. The summed E-state index contributed by atoms with van der Waals surface area (Å²) in [7, 11) is -2.72. The van der Waals surface area contributed by atoms with Crippen molar-refractivity contribution in [2.45, 2.75) is 15.2 Å². The molecule has 0 atom stereocenters. The lowest BCUT2D eigenvalue weighted by molar-refractivity contribution is 0.768. The Labute approximate surface area is 367 Å². The Kier molecular flexibility index (Phi) is 7.84. The van der Waals surface area contributed by atoms with Crippen LogP contribution in [0.1, 0.15) is 22.3 Å². The van der Waals surface area contributed by atoms with Crippen molar-refractivity contribution in [2.24, 2.45) is 0 Å². The topological polar surface area (TPSA) is 3.24 Å². The number of fused-ring (bicyclic) bond motifs is 13. The SMILES string of the molecule is c1ccc(C2(c3ccc(N(c4ccc5c(c4)[Si]4(c6ccccc6S5)c5ccccc5-c5ccccc54)c4cccc5ccccc45)cc3)c3ccccc3-c3ccccc32)cc1. The van der Waals surface area contributed by atoms with Crippen LogP contribution in [0.15, 0.2) is 246 Å². The number of hydrogen-bond acceptors (Lipinski definition) is 2. The summed E-state index contributed by atoms with van der Waals surface area (Å²) in [5.74, 6) is 0. The fraction of sp³-hybridized carbons (Fsp3) is 0.0169. The van der Waals surface area contributed by atoms with Crippen LogP contribution < -0.4 is 25.6 Å². The molecule has 10 aromatic carbocycles. The van der Waals surface area contributed by atoms with Crippen LogP contribution in [0.3, 0.4) is 0 Å². The summed E-state index contributed by atoms with van der Waals surface area (Å²) in [5.41, 5.74) is 13.5. The van der Waals surface area contributed by atoms with Crippen LogP contribution in [0.4, 0.5) is 17.1 Å². The summed E-state index contributed by atoms with van der Waals surface area (Å²) >= 11 is 1.93. The lowest BCUT2D eigenvalue weighted by Crippen LogP contribution is -2.74. The minimum atomic E-state index is -2.72. The van der Waals surface area contributed by atoms with Gasteiger partial charge in [0.1, 0.15) is 0 Å². The van der Waals surface area contributed by atoms with Gasteiger partial charge in [-0.3, -0.25) is 0 Å². The van der Waals surface area contributed by atoms with Crippen LogP contribution in [-0.2, 0) is 5.41 Å². The average molecular weight is 822 g/mol. The highest BCUT2D eigenvalue weighted by Crippen LogP contribution is 2.56. The van der Waals surface area contributed by atoms with E-state index >= 15 is 0 Å². The van der Waals surface area contributed by atoms with E-state index in [1.165, 1.54) is 85.8 Å². The van der Waals surface area contributed by atoms with E-state index < -0.39 is 13.5 Å². The molecule has 0 fully saturated rings. The molecule has 0 unspecified atom stereocenters. The molecule has 0 saturated heterocycles. The van der Waals surface area contributed by atoms with E-state index in [1.54, 1.807) is 0 Å². The molecule has 1 nitrogen and oxygen atoms in total. The Hall–Kier alpha value is -7.17. The van der Waals surface area contributed by atoms with Gasteiger partial charge in [0.05, 0.1) is 11.1 Å². The molecule has 2 heterocycles. The molecule has 2 aliphatic heterocycles. The van der Waals surface area contributed by atoms with E-state index in [9.17, 15) is 0 Å². The van der Waals surface area contributed by atoms with E-state index in [4.69, 9.17) is 0 Å². The van der Waals surface area contributed by atoms with Crippen molar-refractivity contribution in [3.05, 3.63) is 259 Å². The minimum Gasteiger partial charge on any atom is -0.310 e. The smallest absolute Gasteiger partial charge is 0.183 e. The van der Waals surface area contributed by atoms with E-state index in [1.807, 2.05) is 11.8 Å². The van der Waals surface area contributed by atoms with Gasteiger partial charge < -0.3 is 4.90 Å². The van der Waals surface area contributed by atoms with Crippen molar-refractivity contribution in [3.63, 3.8) is 0 Å². The molecule has 290 valence electrons. The third-order valence-electron chi connectivity index (χ3n) is 13.8. The highest BCUT2D eigenvalue weighted by Gasteiger charge is 2.53. The summed E-state index contributed by atoms with van der Waals surface area (Å²) in [6.45, 7) is 0. The van der Waals surface area contributed by atoms with Gasteiger partial charge >= 0.3 is 0 Å². The number of benzene rings is 10. The largest absolute Gasteiger partial charge is 0.310 e. The predicted molar refractivity (Wildman–Crippen MR) is 263 cm³/mol. The van der Waals surface area contributed by atoms with Crippen molar-refractivity contribution < 1.29 is 0 Å². The molecule has 1 aliphatic carbocycles.